The molecule has 110 valence electrons. The van der Waals surface area contributed by atoms with E-state index in [9.17, 15) is 4.79 Å². The smallest absolute Gasteiger partial charge is 0.307 e. The minimum Gasteiger partial charge on any atom is -0.462 e. The van der Waals surface area contributed by atoms with Crippen molar-refractivity contribution in [2.75, 3.05) is 0 Å². The van der Waals surface area contributed by atoms with Crippen molar-refractivity contribution in [1.82, 2.24) is 15.0 Å². The van der Waals surface area contributed by atoms with Gasteiger partial charge in [-0.2, -0.15) is 0 Å². The van der Waals surface area contributed by atoms with E-state index in [1.807, 2.05) is 0 Å². The molecule has 3 aliphatic carbocycles. The minimum atomic E-state index is -0.114. The SMILES string of the molecule is C[C@@H]1[C@@H](OC(=O)CCn2ccnn2)C[C@H]2C[C@H]1C2(C)C. The summed E-state index contributed by atoms with van der Waals surface area (Å²) in [6.45, 7) is 7.48. The van der Waals surface area contributed by atoms with Gasteiger partial charge >= 0.3 is 5.97 Å². The Morgan fingerprint density at radius 2 is 2.25 bits per heavy atom. The summed E-state index contributed by atoms with van der Waals surface area (Å²) in [5.74, 6) is 1.79. The van der Waals surface area contributed by atoms with Gasteiger partial charge in [-0.1, -0.05) is 26.0 Å². The molecule has 0 spiro atoms. The fourth-order valence-corrected chi connectivity index (χ4v) is 4.04. The summed E-state index contributed by atoms with van der Waals surface area (Å²) in [6, 6.07) is 0. The minimum absolute atomic E-state index is 0.107. The van der Waals surface area contributed by atoms with Crippen molar-refractivity contribution in [3.05, 3.63) is 12.4 Å². The molecular weight excluding hydrogens is 254 g/mol. The predicted molar refractivity (Wildman–Crippen MR) is 73.7 cm³/mol. The first-order valence-electron chi connectivity index (χ1n) is 7.52. The van der Waals surface area contributed by atoms with Gasteiger partial charge in [0.2, 0.25) is 0 Å². The van der Waals surface area contributed by atoms with Crippen LogP contribution in [0.15, 0.2) is 12.4 Å². The van der Waals surface area contributed by atoms with E-state index >= 15 is 0 Å². The molecule has 0 aliphatic heterocycles. The maximum Gasteiger partial charge on any atom is 0.307 e. The van der Waals surface area contributed by atoms with Crippen LogP contribution >= 0.6 is 0 Å². The third kappa shape index (κ3) is 2.23. The molecule has 0 amide bonds. The molecule has 20 heavy (non-hydrogen) atoms. The van der Waals surface area contributed by atoms with Crippen LogP contribution in [0.1, 0.15) is 40.0 Å². The summed E-state index contributed by atoms with van der Waals surface area (Å²) in [4.78, 5) is 12.0. The molecule has 0 radical (unpaired) electrons. The fraction of sp³-hybridized carbons (Fsp3) is 0.800. The van der Waals surface area contributed by atoms with E-state index in [0.29, 0.717) is 30.2 Å². The maximum absolute atomic E-state index is 12.0. The zero-order valence-electron chi connectivity index (χ0n) is 12.5. The Balaban J connectivity index is 1.50. The highest BCUT2D eigenvalue weighted by molar-refractivity contribution is 5.69. The lowest BCUT2D eigenvalue weighted by Crippen LogP contribution is -2.57. The molecule has 0 saturated heterocycles. The average molecular weight is 277 g/mol. The van der Waals surface area contributed by atoms with Crippen molar-refractivity contribution in [3.8, 4) is 0 Å². The van der Waals surface area contributed by atoms with Crippen molar-refractivity contribution in [1.29, 1.82) is 0 Å². The summed E-state index contributed by atoms with van der Waals surface area (Å²) in [6.07, 6.45) is 6.18. The number of esters is 1. The quantitative estimate of drug-likeness (QED) is 0.792. The number of fused-ring (bicyclic) bond motifs is 2. The van der Waals surface area contributed by atoms with Crippen LogP contribution in [0, 0.1) is 23.2 Å². The first-order valence-corrected chi connectivity index (χ1v) is 7.52. The molecule has 5 nitrogen and oxygen atoms in total. The van der Waals surface area contributed by atoms with Gasteiger partial charge in [-0.3, -0.25) is 9.48 Å². The summed E-state index contributed by atoms with van der Waals surface area (Å²) in [7, 11) is 0. The third-order valence-corrected chi connectivity index (χ3v) is 5.58. The van der Waals surface area contributed by atoms with Gasteiger partial charge in [-0.15, -0.1) is 5.10 Å². The Labute approximate surface area is 119 Å². The highest BCUT2D eigenvalue weighted by atomic mass is 16.5. The topological polar surface area (TPSA) is 57.0 Å². The van der Waals surface area contributed by atoms with Crippen LogP contribution in [0.5, 0.6) is 0 Å². The first-order chi connectivity index (χ1) is 9.48. The van der Waals surface area contributed by atoms with E-state index in [1.54, 1.807) is 17.1 Å². The summed E-state index contributed by atoms with van der Waals surface area (Å²) >= 11 is 0. The lowest BCUT2D eigenvalue weighted by atomic mass is 9.45. The molecule has 0 N–H and O–H groups in total. The zero-order chi connectivity index (χ0) is 14.3. The largest absolute Gasteiger partial charge is 0.462 e. The summed E-state index contributed by atoms with van der Waals surface area (Å²) in [5, 5.41) is 7.57. The van der Waals surface area contributed by atoms with Crippen molar-refractivity contribution < 1.29 is 9.53 Å². The van der Waals surface area contributed by atoms with Gasteiger partial charge in [0, 0.05) is 6.20 Å². The second-order valence-corrected chi connectivity index (χ2v) is 6.90. The van der Waals surface area contributed by atoms with Gasteiger partial charge in [0.25, 0.3) is 0 Å². The highest BCUT2D eigenvalue weighted by Gasteiger charge is 2.57. The van der Waals surface area contributed by atoms with Gasteiger partial charge < -0.3 is 4.74 Å². The van der Waals surface area contributed by atoms with Crippen molar-refractivity contribution in [2.24, 2.45) is 23.2 Å². The number of carbonyl (C=O) groups is 1. The second-order valence-electron chi connectivity index (χ2n) is 6.90. The molecule has 4 rings (SSSR count). The van der Waals surface area contributed by atoms with Gasteiger partial charge in [-0.25, -0.2) is 0 Å². The van der Waals surface area contributed by atoms with E-state index < -0.39 is 0 Å². The van der Waals surface area contributed by atoms with Crippen molar-refractivity contribution in [3.63, 3.8) is 0 Å². The lowest BCUT2D eigenvalue weighted by molar-refractivity contribution is -0.186. The Morgan fingerprint density at radius 1 is 1.45 bits per heavy atom. The van der Waals surface area contributed by atoms with Gasteiger partial charge in [0.15, 0.2) is 0 Å². The van der Waals surface area contributed by atoms with Crippen molar-refractivity contribution >= 4 is 5.97 Å². The standard InChI is InChI=1S/C15H23N3O2/c1-10-12-8-11(15(12,2)3)9-13(10)20-14(19)4-6-18-7-5-16-17-18/h5,7,10-13H,4,6,8-9H2,1-3H3/t10-,11+,12+,13-/m0/s1. The van der Waals surface area contributed by atoms with Crippen LogP contribution in [0.2, 0.25) is 0 Å². The number of rotatable bonds is 4. The van der Waals surface area contributed by atoms with Crippen LogP contribution < -0.4 is 0 Å². The lowest BCUT2D eigenvalue weighted by Gasteiger charge is -2.61. The van der Waals surface area contributed by atoms with Gasteiger partial charge in [0.1, 0.15) is 6.10 Å². The number of hydrogen-bond acceptors (Lipinski definition) is 4. The number of carbonyl (C=O) groups excluding carboxylic acids is 1. The summed E-state index contributed by atoms with van der Waals surface area (Å²) in [5.41, 5.74) is 0.434. The molecule has 0 aromatic carbocycles. The molecule has 2 bridgehead atoms. The van der Waals surface area contributed by atoms with E-state index in [-0.39, 0.29) is 12.1 Å². The summed E-state index contributed by atoms with van der Waals surface area (Å²) < 4.78 is 7.35. The molecular formula is C15H23N3O2. The van der Waals surface area contributed by atoms with Crippen molar-refractivity contribution in [2.45, 2.75) is 52.7 Å². The van der Waals surface area contributed by atoms with E-state index in [4.69, 9.17) is 4.74 Å². The third-order valence-electron chi connectivity index (χ3n) is 5.58. The molecule has 4 atom stereocenters. The molecule has 1 heterocycles. The molecule has 1 aromatic rings. The van der Waals surface area contributed by atoms with Gasteiger partial charge in [0.05, 0.1) is 19.2 Å². The Morgan fingerprint density at radius 3 is 2.85 bits per heavy atom. The number of aromatic nitrogens is 3. The first kappa shape index (κ1) is 13.6. The maximum atomic E-state index is 12.0. The fourth-order valence-electron chi connectivity index (χ4n) is 4.04. The van der Waals surface area contributed by atoms with Crippen LogP contribution in [0.25, 0.3) is 0 Å². The molecule has 3 fully saturated rings. The average Bonchev–Trinajstić information content (AvgIpc) is 2.91. The number of aryl methyl sites for hydroxylation is 1. The van der Waals surface area contributed by atoms with Gasteiger partial charge in [-0.05, 0) is 36.0 Å². The Hall–Kier alpha value is -1.39. The predicted octanol–water partition coefficient (Wildman–Crippen LogP) is 2.28. The molecule has 1 aromatic heterocycles. The van der Waals surface area contributed by atoms with Crippen LogP contribution in [0.4, 0.5) is 0 Å². The van der Waals surface area contributed by atoms with E-state index in [1.165, 1.54) is 6.42 Å². The Kier molecular flexibility index (Phi) is 3.30. The molecule has 3 aliphatic rings. The highest BCUT2D eigenvalue weighted by Crippen LogP contribution is 2.61. The number of nitrogens with zero attached hydrogens (tertiary/aromatic N) is 3. The monoisotopic (exact) mass is 277 g/mol. The van der Waals surface area contributed by atoms with E-state index in [0.717, 1.165) is 12.3 Å². The number of hydrogen-bond donors (Lipinski definition) is 0. The number of ether oxygens (including phenoxy) is 1. The zero-order valence-corrected chi connectivity index (χ0v) is 12.5. The molecule has 3 saturated carbocycles. The van der Waals surface area contributed by atoms with Crippen LogP contribution in [-0.2, 0) is 16.1 Å². The van der Waals surface area contributed by atoms with Crippen LogP contribution in [-0.4, -0.2) is 27.1 Å². The normalized spacial score (nSPS) is 34.4. The second kappa shape index (κ2) is 4.86. The Bertz CT molecular complexity index is 483. The van der Waals surface area contributed by atoms with E-state index in [2.05, 4.69) is 31.1 Å². The molecule has 0 unspecified atom stereocenters. The molecule has 5 heteroatoms. The van der Waals surface area contributed by atoms with Crippen LogP contribution in [0.3, 0.4) is 0 Å².